The summed E-state index contributed by atoms with van der Waals surface area (Å²) in [6.07, 6.45) is 2.61. The number of ether oxygens (including phenoxy) is 1. The van der Waals surface area contributed by atoms with Crippen LogP contribution >= 0.6 is 11.3 Å². The van der Waals surface area contributed by atoms with Gasteiger partial charge in [0.05, 0.1) is 0 Å². The lowest BCUT2D eigenvalue weighted by Gasteiger charge is -2.19. The Kier molecular flexibility index (Phi) is 7.29. The molecule has 1 aromatic heterocycles. The van der Waals surface area contributed by atoms with Crippen LogP contribution in [0.25, 0.3) is 0 Å². The molecule has 27 heavy (non-hydrogen) atoms. The smallest absolute Gasteiger partial charge is 0.407 e. The minimum atomic E-state index is -0.544. The topological polar surface area (TPSA) is 80.3 Å². The van der Waals surface area contributed by atoms with E-state index < -0.39 is 11.7 Å². The van der Waals surface area contributed by atoms with Crippen LogP contribution in [0.1, 0.15) is 44.1 Å². The minimum absolute atomic E-state index is 0.163. The highest BCUT2D eigenvalue weighted by molar-refractivity contribution is 7.15. The Morgan fingerprint density at radius 1 is 1.22 bits per heavy atom. The van der Waals surface area contributed by atoms with Crippen molar-refractivity contribution < 1.29 is 18.7 Å². The molecule has 0 fully saturated rings. The monoisotopic (exact) mass is 393 g/mol. The SMILES string of the molecule is CC(C)(C)OC(=O)NCCCC(=O)Nc1ncc(Cc2ccc(F)cc2)s1. The van der Waals surface area contributed by atoms with Gasteiger partial charge in [-0.2, -0.15) is 0 Å². The summed E-state index contributed by atoms with van der Waals surface area (Å²) in [5.74, 6) is -0.430. The molecule has 0 aliphatic rings. The highest BCUT2D eigenvalue weighted by atomic mass is 32.1. The average molecular weight is 393 g/mol. The van der Waals surface area contributed by atoms with E-state index in [-0.39, 0.29) is 18.1 Å². The number of nitrogens with zero attached hydrogens (tertiary/aromatic N) is 1. The second-order valence-electron chi connectivity index (χ2n) is 7.02. The first-order valence-electron chi connectivity index (χ1n) is 8.67. The van der Waals surface area contributed by atoms with Crippen LogP contribution in [0.4, 0.5) is 14.3 Å². The number of carbonyl (C=O) groups excluding carboxylic acids is 2. The number of carbonyl (C=O) groups is 2. The minimum Gasteiger partial charge on any atom is -0.444 e. The van der Waals surface area contributed by atoms with Gasteiger partial charge in [0.1, 0.15) is 11.4 Å². The van der Waals surface area contributed by atoms with Gasteiger partial charge in [0.2, 0.25) is 5.91 Å². The summed E-state index contributed by atoms with van der Waals surface area (Å²) >= 11 is 1.38. The van der Waals surface area contributed by atoms with E-state index in [0.717, 1.165) is 10.4 Å². The first-order valence-corrected chi connectivity index (χ1v) is 9.49. The van der Waals surface area contributed by atoms with Crippen molar-refractivity contribution in [1.82, 2.24) is 10.3 Å². The van der Waals surface area contributed by atoms with E-state index in [2.05, 4.69) is 15.6 Å². The lowest BCUT2D eigenvalue weighted by atomic mass is 10.1. The van der Waals surface area contributed by atoms with Crippen molar-refractivity contribution in [3.8, 4) is 0 Å². The number of rotatable bonds is 7. The normalized spacial score (nSPS) is 11.1. The Morgan fingerprint density at radius 3 is 2.59 bits per heavy atom. The van der Waals surface area contributed by atoms with Gasteiger partial charge in [0, 0.05) is 30.5 Å². The summed E-state index contributed by atoms with van der Waals surface area (Å²) in [4.78, 5) is 28.6. The summed E-state index contributed by atoms with van der Waals surface area (Å²) in [6.45, 7) is 5.73. The molecule has 0 saturated heterocycles. The largest absolute Gasteiger partial charge is 0.444 e. The van der Waals surface area contributed by atoms with Crippen LogP contribution < -0.4 is 10.6 Å². The molecule has 1 heterocycles. The molecule has 0 bridgehead atoms. The summed E-state index contributed by atoms with van der Waals surface area (Å²) < 4.78 is 18.0. The molecule has 2 amide bonds. The number of nitrogens with one attached hydrogen (secondary N) is 2. The number of thiazole rings is 1. The molecule has 2 aromatic rings. The molecule has 0 aliphatic carbocycles. The second-order valence-corrected chi connectivity index (χ2v) is 8.13. The number of amides is 2. The molecule has 1 aromatic carbocycles. The Labute approximate surface area is 162 Å². The number of benzene rings is 1. The van der Waals surface area contributed by atoms with E-state index in [9.17, 15) is 14.0 Å². The van der Waals surface area contributed by atoms with E-state index in [1.165, 1.54) is 23.5 Å². The van der Waals surface area contributed by atoms with Crippen LogP contribution in [0.3, 0.4) is 0 Å². The number of halogens is 1. The van der Waals surface area contributed by atoms with Crippen LogP contribution in [0.5, 0.6) is 0 Å². The van der Waals surface area contributed by atoms with Crippen molar-refractivity contribution in [2.75, 3.05) is 11.9 Å². The van der Waals surface area contributed by atoms with E-state index in [1.54, 1.807) is 39.1 Å². The van der Waals surface area contributed by atoms with Gasteiger partial charge < -0.3 is 15.4 Å². The fraction of sp³-hybridized carbons (Fsp3) is 0.421. The number of anilines is 1. The van der Waals surface area contributed by atoms with Crippen molar-refractivity contribution in [2.24, 2.45) is 0 Å². The van der Waals surface area contributed by atoms with Crippen LogP contribution in [-0.2, 0) is 16.0 Å². The van der Waals surface area contributed by atoms with E-state index >= 15 is 0 Å². The maximum Gasteiger partial charge on any atom is 0.407 e. The lowest BCUT2D eigenvalue weighted by molar-refractivity contribution is -0.116. The van der Waals surface area contributed by atoms with Crippen molar-refractivity contribution in [3.63, 3.8) is 0 Å². The highest BCUT2D eigenvalue weighted by Crippen LogP contribution is 2.21. The fourth-order valence-corrected chi connectivity index (χ4v) is 3.05. The quantitative estimate of drug-likeness (QED) is 0.694. The fourth-order valence-electron chi connectivity index (χ4n) is 2.19. The third-order valence-electron chi connectivity index (χ3n) is 3.34. The van der Waals surface area contributed by atoms with Crippen LogP contribution in [0.15, 0.2) is 30.5 Å². The zero-order chi connectivity index (χ0) is 19.9. The zero-order valence-corrected chi connectivity index (χ0v) is 16.5. The van der Waals surface area contributed by atoms with Gasteiger partial charge in [0.15, 0.2) is 5.13 Å². The zero-order valence-electron chi connectivity index (χ0n) is 15.7. The molecule has 146 valence electrons. The molecular weight excluding hydrogens is 369 g/mol. The third-order valence-corrected chi connectivity index (χ3v) is 4.25. The maximum absolute atomic E-state index is 12.9. The van der Waals surface area contributed by atoms with Gasteiger partial charge in [-0.3, -0.25) is 4.79 Å². The number of aromatic nitrogens is 1. The van der Waals surface area contributed by atoms with Crippen LogP contribution in [0, 0.1) is 5.82 Å². The summed E-state index contributed by atoms with van der Waals surface area (Å²) in [5, 5.41) is 5.89. The van der Waals surface area contributed by atoms with Gasteiger partial charge >= 0.3 is 6.09 Å². The summed E-state index contributed by atoms with van der Waals surface area (Å²) in [5.41, 5.74) is 0.434. The maximum atomic E-state index is 12.9. The first-order chi connectivity index (χ1) is 12.7. The Morgan fingerprint density at radius 2 is 1.93 bits per heavy atom. The molecular formula is C19H24FN3O3S. The van der Waals surface area contributed by atoms with Gasteiger partial charge in [-0.15, -0.1) is 11.3 Å². The van der Waals surface area contributed by atoms with E-state index in [0.29, 0.717) is 24.5 Å². The van der Waals surface area contributed by atoms with Gasteiger partial charge in [-0.1, -0.05) is 12.1 Å². The molecule has 0 radical (unpaired) electrons. The van der Waals surface area contributed by atoms with Gasteiger partial charge in [-0.25, -0.2) is 14.2 Å². The Bertz CT molecular complexity index is 769. The third kappa shape index (κ3) is 8.17. The average Bonchev–Trinajstić information content (AvgIpc) is 2.99. The summed E-state index contributed by atoms with van der Waals surface area (Å²) in [6, 6.07) is 6.30. The van der Waals surface area contributed by atoms with Gasteiger partial charge in [0.25, 0.3) is 0 Å². The molecule has 2 rings (SSSR count). The number of hydrogen-bond donors (Lipinski definition) is 2. The second kappa shape index (κ2) is 9.45. The van der Waals surface area contributed by atoms with Crippen LogP contribution in [-0.4, -0.2) is 29.1 Å². The van der Waals surface area contributed by atoms with Crippen molar-refractivity contribution in [2.45, 2.75) is 45.6 Å². The van der Waals surface area contributed by atoms with Gasteiger partial charge in [-0.05, 0) is 44.9 Å². The van der Waals surface area contributed by atoms with E-state index in [4.69, 9.17) is 4.74 Å². The Balaban J connectivity index is 1.69. The van der Waals surface area contributed by atoms with Crippen LogP contribution in [0.2, 0.25) is 0 Å². The molecule has 8 heteroatoms. The van der Waals surface area contributed by atoms with Crippen molar-refractivity contribution >= 4 is 28.5 Å². The molecule has 0 atom stereocenters. The molecule has 0 aliphatic heterocycles. The number of alkyl carbamates (subject to hydrolysis) is 1. The predicted octanol–water partition coefficient (Wildman–Crippen LogP) is 4.12. The molecule has 0 saturated carbocycles. The van der Waals surface area contributed by atoms with Crippen molar-refractivity contribution in [1.29, 1.82) is 0 Å². The summed E-state index contributed by atoms with van der Waals surface area (Å²) in [7, 11) is 0. The molecule has 0 spiro atoms. The van der Waals surface area contributed by atoms with E-state index in [1.807, 2.05) is 0 Å². The Hall–Kier alpha value is -2.48. The van der Waals surface area contributed by atoms with Crippen molar-refractivity contribution in [3.05, 3.63) is 46.7 Å². The lowest BCUT2D eigenvalue weighted by Crippen LogP contribution is -2.33. The molecule has 0 unspecified atom stereocenters. The predicted molar refractivity (Wildman–Crippen MR) is 103 cm³/mol. The highest BCUT2D eigenvalue weighted by Gasteiger charge is 2.15. The standard InChI is InChI=1S/C19H24FN3O3S/c1-19(2,3)26-18(25)21-10-4-5-16(24)23-17-22-12-15(27-17)11-13-6-8-14(20)9-7-13/h6-9,12H,4-5,10-11H2,1-3H3,(H,21,25)(H,22,23,24). The molecule has 6 nitrogen and oxygen atoms in total. The number of hydrogen-bond acceptors (Lipinski definition) is 5. The first kappa shape index (κ1) is 20.8. The molecule has 2 N–H and O–H groups in total.